The summed E-state index contributed by atoms with van der Waals surface area (Å²) < 4.78 is 5.05. The van der Waals surface area contributed by atoms with Gasteiger partial charge >= 0.3 is 5.97 Å². The van der Waals surface area contributed by atoms with Crippen molar-refractivity contribution in [1.29, 1.82) is 0 Å². The lowest BCUT2D eigenvalue weighted by Crippen LogP contribution is -2.38. The van der Waals surface area contributed by atoms with Gasteiger partial charge in [-0.15, -0.1) is 0 Å². The number of hydrogen-bond acceptors (Lipinski definition) is 6. The molecule has 0 bridgehead atoms. The summed E-state index contributed by atoms with van der Waals surface area (Å²) in [6.45, 7) is 5.24. The Kier molecular flexibility index (Phi) is 6.46. The van der Waals surface area contributed by atoms with Crippen molar-refractivity contribution in [2.45, 2.75) is 33.2 Å². The molecule has 1 heterocycles. The van der Waals surface area contributed by atoms with E-state index in [0.717, 1.165) is 5.56 Å². The van der Waals surface area contributed by atoms with Gasteiger partial charge in [0, 0.05) is 24.7 Å². The molecule has 0 radical (unpaired) electrons. The van der Waals surface area contributed by atoms with Gasteiger partial charge in [0.1, 0.15) is 11.8 Å². The first-order chi connectivity index (χ1) is 14.4. The number of nitrogens with one attached hydrogen (secondary N) is 2. The summed E-state index contributed by atoms with van der Waals surface area (Å²) in [4.78, 5) is 36.7. The van der Waals surface area contributed by atoms with Gasteiger partial charge in [0.25, 0.3) is 0 Å². The number of rotatable bonds is 6. The van der Waals surface area contributed by atoms with Gasteiger partial charge in [-0.1, -0.05) is 24.3 Å². The van der Waals surface area contributed by atoms with E-state index in [1.165, 1.54) is 11.9 Å². The molecule has 8 nitrogen and oxygen atoms in total. The maximum atomic E-state index is 13.1. The largest absolute Gasteiger partial charge is 0.461 e. The van der Waals surface area contributed by atoms with Crippen LogP contribution in [0.1, 0.15) is 25.8 Å². The van der Waals surface area contributed by atoms with E-state index in [0.29, 0.717) is 17.1 Å². The van der Waals surface area contributed by atoms with E-state index < -0.39 is 12.0 Å². The van der Waals surface area contributed by atoms with E-state index >= 15 is 0 Å². The second-order valence-electron chi connectivity index (χ2n) is 6.87. The highest BCUT2D eigenvalue weighted by atomic mass is 16.5. The monoisotopic (exact) mass is 408 g/mol. The number of amides is 2. The Balaban J connectivity index is 1.83. The number of benzene rings is 2. The maximum absolute atomic E-state index is 13.1. The van der Waals surface area contributed by atoms with Crippen LogP contribution in [0.3, 0.4) is 0 Å². The number of aryl methyl sites for hydroxylation is 1. The number of hydrogen-bond donors (Lipinski definition) is 2. The smallest absolute Gasteiger partial charge is 0.354 e. The number of carbonyl (C=O) groups is 3. The van der Waals surface area contributed by atoms with E-state index in [1.807, 2.05) is 43.3 Å². The van der Waals surface area contributed by atoms with Crippen molar-refractivity contribution in [1.82, 2.24) is 0 Å². The summed E-state index contributed by atoms with van der Waals surface area (Å²) in [5.74, 6) is -1.04. The molecule has 1 aliphatic heterocycles. The standard InChI is InChI=1S/C22H24N4O4/c1-4-30-22(29)19-13-20(26(25-19)17-8-6-5-7-9-17)21(28)24-16-11-10-14(2)18(12-16)23-15(3)27/h5-12,20H,4,13H2,1-3H3,(H,23,27)(H,24,28). The van der Waals surface area contributed by atoms with Crippen LogP contribution < -0.4 is 15.6 Å². The Labute approximate surface area is 174 Å². The SMILES string of the molecule is CCOC(=O)C1=NN(c2ccccc2)C(C(=O)Nc2ccc(C)c(NC(C)=O)c2)C1. The quantitative estimate of drug-likeness (QED) is 0.716. The zero-order chi connectivity index (χ0) is 21.7. The number of para-hydroxylation sites is 1. The van der Waals surface area contributed by atoms with E-state index in [-0.39, 0.29) is 30.6 Å². The zero-order valence-corrected chi connectivity index (χ0v) is 17.1. The van der Waals surface area contributed by atoms with Gasteiger partial charge in [0.2, 0.25) is 11.8 Å². The molecule has 0 saturated heterocycles. The molecule has 0 aromatic heterocycles. The molecule has 2 N–H and O–H groups in total. The molecule has 1 aliphatic rings. The van der Waals surface area contributed by atoms with Crippen molar-refractivity contribution in [3.63, 3.8) is 0 Å². The van der Waals surface area contributed by atoms with Gasteiger partial charge in [-0.3, -0.25) is 14.6 Å². The Morgan fingerprint density at radius 2 is 1.87 bits per heavy atom. The Morgan fingerprint density at radius 3 is 2.53 bits per heavy atom. The molecule has 0 spiro atoms. The van der Waals surface area contributed by atoms with Crippen LogP contribution in [-0.4, -0.2) is 36.1 Å². The highest BCUT2D eigenvalue weighted by Crippen LogP contribution is 2.27. The molecule has 2 aromatic carbocycles. The van der Waals surface area contributed by atoms with Crippen LogP contribution in [-0.2, 0) is 19.1 Å². The molecule has 30 heavy (non-hydrogen) atoms. The minimum atomic E-state index is -0.711. The van der Waals surface area contributed by atoms with Gasteiger partial charge in [-0.25, -0.2) is 4.79 Å². The van der Waals surface area contributed by atoms with E-state index in [1.54, 1.807) is 19.1 Å². The third kappa shape index (κ3) is 4.83. The highest BCUT2D eigenvalue weighted by molar-refractivity contribution is 6.38. The van der Waals surface area contributed by atoms with Crippen LogP contribution in [0, 0.1) is 6.92 Å². The summed E-state index contributed by atoms with van der Waals surface area (Å²) in [6, 6.07) is 13.7. The van der Waals surface area contributed by atoms with Gasteiger partial charge in [0.15, 0.2) is 0 Å². The molecule has 2 aromatic rings. The van der Waals surface area contributed by atoms with Crippen LogP contribution >= 0.6 is 0 Å². The van der Waals surface area contributed by atoms with Crippen LogP contribution in [0.4, 0.5) is 17.1 Å². The lowest BCUT2D eigenvalue weighted by atomic mass is 10.1. The Hall–Kier alpha value is -3.68. The van der Waals surface area contributed by atoms with Crippen molar-refractivity contribution in [2.24, 2.45) is 5.10 Å². The fraction of sp³-hybridized carbons (Fsp3) is 0.273. The molecule has 1 atom stereocenters. The lowest BCUT2D eigenvalue weighted by molar-refractivity contribution is -0.135. The summed E-state index contributed by atoms with van der Waals surface area (Å²) in [5.41, 5.74) is 2.92. The third-order valence-corrected chi connectivity index (χ3v) is 4.56. The summed E-state index contributed by atoms with van der Waals surface area (Å²) in [6.07, 6.45) is 0.129. The molecular weight excluding hydrogens is 384 g/mol. The average molecular weight is 408 g/mol. The van der Waals surface area contributed by atoms with Crippen LogP contribution in [0.5, 0.6) is 0 Å². The number of nitrogens with zero attached hydrogens (tertiary/aromatic N) is 2. The molecule has 0 aliphatic carbocycles. The van der Waals surface area contributed by atoms with Gasteiger partial charge in [-0.05, 0) is 43.7 Å². The van der Waals surface area contributed by atoms with Gasteiger partial charge in [-0.2, -0.15) is 5.10 Å². The first-order valence-electron chi connectivity index (χ1n) is 9.67. The van der Waals surface area contributed by atoms with Gasteiger partial charge in [0.05, 0.1) is 12.3 Å². The second kappa shape index (κ2) is 9.21. The Bertz CT molecular complexity index is 988. The molecule has 8 heteroatoms. The first-order valence-corrected chi connectivity index (χ1v) is 9.67. The molecule has 3 rings (SSSR count). The maximum Gasteiger partial charge on any atom is 0.354 e. The normalized spacial score (nSPS) is 15.4. The van der Waals surface area contributed by atoms with Gasteiger partial charge < -0.3 is 15.4 Å². The van der Waals surface area contributed by atoms with Crippen LogP contribution in [0.2, 0.25) is 0 Å². The second-order valence-corrected chi connectivity index (χ2v) is 6.87. The molecule has 0 saturated carbocycles. The minimum Gasteiger partial charge on any atom is -0.461 e. The van der Waals surface area contributed by atoms with Crippen molar-refractivity contribution >= 4 is 40.6 Å². The summed E-state index contributed by atoms with van der Waals surface area (Å²) in [5, 5.41) is 11.5. The molecule has 1 unspecified atom stereocenters. The number of carbonyl (C=O) groups excluding carboxylic acids is 3. The highest BCUT2D eigenvalue weighted by Gasteiger charge is 2.36. The molecular formula is C22H24N4O4. The number of esters is 1. The summed E-state index contributed by atoms with van der Waals surface area (Å²) in [7, 11) is 0. The van der Waals surface area contributed by atoms with Crippen LogP contribution in [0.25, 0.3) is 0 Å². The van der Waals surface area contributed by atoms with Crippen molar-refractivity contribution < 1.29 is 19.1 Å². The first kappa shape index (κ1) is 21.0. The van der Waals surface area contributed by atoms with E-state index in [9.17, 15) is 14.4 Å². The van der Waals surface area contributed by atoms with Crippen molar-refractivity contribution in [2.75, 3.05) is 22.2 Å². The number of anilines is 3. The van der Waals surface area contributed by atoms with Crippen LogP contribution in [0.15, 0.2) is 53.6 Å². The fourth-order valence-corrected chi connectivity index (χ4v) is 3.12. The molecule has 2 amide bonds. The predicted molar refractivity (Wildman–Crippen MR) is 116 cm³/mol. The minimum absolute atomic E-state index is 0.129. The topological polar surface area (TPSA) is 100 Å². The summed E-state index contributed by atoms with van der Waals surface area (Å²) >= 11 is 0. The van der Waals surface area contributed by atoms with Crippen molar-refractivity contribution in [3.05, 3.63) is 54.1 Å². The molecule has 156 valence electrons. The zero-order valence-electron chi connectivity index (χ0n) is 17.1. The van der Waals surface area contributed by atoms with Crippen molar-refractivity contribution in [3.8, 4) is 0 Å². The third-order valence-electron chi connectivity index (χ3n) is 4.56. The number of hydrazone groups is 1. The number of ether oxygens (including phenoxy) is 1. The van der Waals surface area contributed by atoms with E-state index in [4.69, 9.17) is 4.74 Å². The lowest BCUT2D eigenvalue weighted by Gasteiger charge is -2.23. The fourth-order valence-electron chi connectivity index (χ4n) is 3.12. The average Bonchev–Trinajstić information content (AvgIpc) is 3.17. The Morgan fingerprint density at radius 1 is 1.13 bits per heavy atom. The predicted octanol–water partition coefficient (Wildman–Crippen LogP) is 3.09. The molecule has 0 fully saturated rings. The van der Waals surface area contributed by atoms with E-state index in [2.05, 4.69) is 15.7 Å².